The van der Waals surface area contributed by atoms with E-state index in [4.69, 9.17) is 11.1 Å². The van der Waals surface area contributed by atoms with Crippen LogP contribution in [0.1, 0.15) is 19.4 Å². The molecule has 0 aliphatic carbocycles. The second kappa shape index (κ2) is 4.23. The maximum atomic E-state index is 7.32. The minimum Gasteiger partial charge on any atom is -0.384 e. The van der Waals surface area contributed by atoms with Gasteiger partial charge in [-0.2, -0.15) is 5.10 Å². The molecule has 70 valence electrons. The fourth-order valence-corrected chi connectivity index (χ4v) is 1.68. The number of thioether (sulfide) groups is 1. The number of hydrogen-bond donors (Lipinski definition) is 2. The lowest BCUT2D eigenvalue weighted by atomic mass is 10.3. The molecule has 1 aromatic heterocycles. The Labute approximate surface area is 81.4 Å². The van der Waals surface area contributed by atoms with Crippen molar-refractivity contribution < 1.29 is 0 Å². The molecule has 0 amide bonds. The number of aromatic nitrogens is 2. The van der Waals surface area contributed by atoms with Crippen molar-refractivity contribution in [3.05, 3.63) is 17.8 Å². The van der Waals surface area contributed by atoms with Crippen LogP contribution in [0.5, 0.6) is 0 Å². The van der Waals surface area contributed by atoms with Crippen LogP contribution in [0.4, 0.5) is 0 Å². The molecule has 0 atom stereocenters. The lowest BCUT2D eigenvalue weighted by Gasteiger charge is -2.06. The van der Waals surface area contributed by atoms with E-state index in [1.165, 1.54) is 0 Å². The maximum Gasteiger partial charge on any atom is 0.130 e. The summed E-state index contributed by atoms with van der Waals surface area (Å²) >= 11 is 1.56. The molecule has 0 fully saturated rings. The number of nitrogens with two attached hydrogens (primary N) is 1. The van der Waals surface area contributed by atoms with Crippen molar-refractivity contribution >= 4 is 17.6 Å². The molecule has 0 spiro atoms. The van der Waals surface area contributed by atoms with Crippen LogP contribution in [0.25, 0.3) is 0 Å². The largest absolute Gasteiger partial charge is 0.384 e. The van der Waals surface area contributed by atoms with E-state index in [1.807, 2.05) is 0 Å². The Hall–Kier alpha value is -1.10. The third-order valence-corrected chi connectivity index (χ3v) is 2.32. The van der Waals surface area contributed by atoms with Crippen molar-refractivity contribution in [3.63, 3.8) is 0 Å². The first-order valence-electron chi connectivity index (χ1n) is 3.94. The second-order valence-electron chi connectivity index (χ2n) is 2.83. The molecule has 3 N–H and O–H groups in total. The molecular weight excluding hydrogens is 184 g/mol. The van der Waals surface area contributed by atoms with E-state index in [2.05, 4.69) is 24.0 Å². The summed E-state index contributed by atoms with van der Waals surface area (Å²) in [5.74, 6) is 0.0399. The van der Waals surface area contributed by atoms with Crippen molar-refractivity contribution in [2.45, 2.75) is 24.1 Å². The lowest BCUT2D eigenvalue weighted by Crippen LogP contribution is -2.13. The highest BCUT2D eigenvalue weighted by Gasteiger charge is 2.08. The van der Waals surface area contributed by atoms with Gasteiger partial charge in [0.1, 0.15) is 10.9 Å². The minimum absolute atomic E-state index is 0.0399. The first-order valence-corrected chi connectivity index (χ1v) is 4.82. The standard InChI is InChI=1S/C8H12N4S/c1-5(2)13-8-6(7(9)10)3-4-11-12-8/h3-5H,1-2H3,(H3,9,10). The number of nitrogens with zero attached hydrogens (tertiary/aromatic N) is 2. The van der Waals surface area contributed by atoms with Crippen molar-refractivity contribution in [2.24, 2.45) is 5.73 Å². The molecule has 4 nitrogen and oxygen atoms in total. The van der Waals surface area contributed by atoms with Gasteiger partial charge in [0.2, 0.25) is 0 Å². The van der Waals surface area contributed by atoms with Crippen molar-refractivity contribution in [1.82, 2.24) is 10.2 Å². The van der Waals surface area contributed by atoms with Crippen LogP contribution in [-0.2, 0) is 0 Å². The van der Waals surface area contributed by atoms with E-state index in [0.717, 1.165) is 5.03 Å². The van der Waals surface area contributed by atoms with E-state index < -0.39 is 0 Å². The smallest absolute Gasteiger partial charge is 0.130 e. The summed E-state index contributed by atoms with van der Waals surface area (Å²) in [5.41, 5.74) is 6.05. The van der Waals surface area contributed by atoms with Crippen LogP contribution in [0.15, 0.2) is 17.3 Å². The highest BCUT2D eigenvalue weighted by atomic mass is 32.2. The molecule has 13 heavy (non-hydrogen) atoms. The molecule has 1 rings (SSSR count). The lowest BCUT2D eigenvalue weighted by molar-refractivity contribution is 0.915. The molecule has 0 aliphatic heterocycles. The highest BCUT2D eigenvalue weighted by Crippen LogP contribution is 2.22. The van der Waals surface area contributed by atoms with Crippen molar-refractivity contribution in [3.8, 4) is 0 Å². The van der Waals surface area contributed by atoms with Crippen molar-refractivity contribution in [2.75, 3.05) is 0 Å². The molecule has 0 saturated carbocycles. The summed E-state index contributed by atoms with van der Waals surface area (Å²) in [7, 11) is 0. The van der Waals surface area contributed by atoms with E-state index in [9.17, 15) is 0 Å². The molecular formula is C8H12N4S. The number of hydrogen-bond acceptors (Lipinski definition) is 4. The van der Waals surface area contributed by atoms with E-state index in [0.29, 0.717) is 10.8 Å². The zero-order valence-corrected chi connectivity index (χ0v) is 8.43. The molecule has 0 radical (unpaired) electrons. The van der Waals surface area contributed by atoms with Gasteiger partial charge in [0.05, 0.1) is 11.8 Å². The van der Waals surface area contributed by atoms with E-state index in [-0.39, 0.29) is 5.84 Å². The fraction of sp³-hybridized carbons (Fsp3) is 0.375. The Balaban J connectivity index is 2.98. The van der Waals surface area contributed by atoms with Gasteiger partial charge in [-0.1, -0.05) is 13.8 Å². The van der Waals surface area contributed by atoms with Crippen LogP contribution in [-0.4, -0.2) is 21.3 Å². The maximum absolute atomic E-state index is 7.32. The number of nitrogen functional groups attached to an aromatic ring is 1. The topological polar surface area (TPSA) is 75.7 Å². The van der Waals surface area contributed by atoms with Gasteiger partial charge in [-0.3, -0.25) is 5.41 Å². The van der Waals surface area contributed by atoms with Gasteiger partial charge < -0.3 is 5.73 Å². The van der Waals surface area contributed by atoms with Crippen LogP contribution in [0.2, 0.25) is 0 Å². The van der Waals surface area contributed by atoms with Crippen LogP contribution < -0.4 is 5.73 Å². The van der Waals surface area contributed by atoms with Gasteiger partial charge in [0, 0.05) is 5.25 Å². The Kier molecular flexibility index (Phi) is 3.25. The molecule has 1 heterocycles. The predicted molar refractivity (Wildman–Crippen MR) is 54.0 cm³/mol. The second-order valence-corrected chi connectivity index (χ2v) is 4.40. The Morgan fingerprint density at radius 2 is 2.31 bits per heavy atom. The zero-order chi connectivity index (χ0) is 9.84. The third-order valence-electron chi connectivity index (χ3n) is 1.32. The Morgan fingerprint density at radius 3 is 2.85 bits per heavy atom. The summed E-state index contributed by atoms with van der Waals surface area (Å²) < 4.78 is 0. The van der Waals surface area contributed by atoms with Gasteiger partial charge in [-0.25, -0.2) is 0 Å². The third kappa shape index (κ3) is 2.69. The average molecular weight is 196 g/mol. The van der Waals surface area contributed by atoms with Gasteiger partial charge in [0.25, 0.3) is 0 Å². The molecule has 1 aromatic rings. The molecule has 0 unspecified atom stereocenters. The molecule has 0 bridgehead atoms. The normalized spacial score (nSPS) is 10.4. The van der Waals surface area contributed by atoms with Crippen LogP contribution >= 0.6 is 11.8 Å². The summed E-state index contributed by atoms with van der Waals surface area (Å²) in [6.45, 7) is 4.12. The van der Waals surface area contributed by atoms with Gasteiger partial charge in [0.15, 0.2) is 0 Å². The zero-order valence-electron chi connectivity index (χ0n) is 7.61. The summed E-state index contributed by atoms with van der Waals surface area (Å²) in [6.07, 6.45) is 1.54. The minimum atomic E-state index is 0.0399. The SMILES string of the molecule is CC(C)Sc1nnccc1C(=N)N. The molecule has 0 aliphatic rings. The monoisotopic (exact) mass is 196 g/mol. The highest BCUT2D eigenvalue weighted by molar-refractivity contribution is 7.99. The molecule has 5 heteroatoms. The van der Waals surface area contributed by atoms with Gasteiger partial charge >= 0.3 is 0 Å². The van der Waals surface area contributed by atoms with Crippen LogP contribution in [0.3, 0.4) is 0 Å². The number of nitrogens with one attached hydrogen (secondary N) is 1. The molecule has 0 aromatic carbocycles. The first kappa shape index (κ1) is 9.98. The van der Waals surface area contributed by atoms with Gasteiger partial charge in [-0.05, 0) is 6.07 Å². The predicted octanol–water partition coefficient (Wildman–Crippen LogP) is 1.26. The first-order chi connectivity index (χ1) is 6.11. The molecule has 0 saturated heterocycles. The Morgan fingerprint density at radius 1 is 1.62 bits per heavy atom. The average Bonchev–Trinajstić information content (AvgIpc) is 2.03. The van der Waals surface area contributed by atoms with E-state index in [1.54, 1.807) is 24.0 Å². The number of rotatable bonds is 3. The van der Waals surface area contributed by atoms with Crippen molar-refractivity contribution in [1.29, 1.82) is 5.41 Å². The summed E-state index contributed by atoms with van der Waals surface area (Å²) in [4.78, 5) is 0. The van der Waals surface area contributed by atoms with Crippen LogP contribution in [0, 0.1) is 5.41 Å². The summed E-state index contributed by atoms with van der Waals surface area (Å²) in [5, 5.41) is 16.1. The van der Waals surface area contributed by atoms with E-state index >= 15 is 0 Å². The number of amidine groups is 1. The quantitative estimate of drug-likeness (QED) is 0.433. The fourth-order valence-electron chi connectivity index (χ4n) is 0.834. The summed E-state index contributed by atoms with van der Waals surface area (Å²) in [6, 6.07) is 1.71. The Bertz CT molecular complexity index is 311. The van der Waals surface area contributed by atoms with Gasteiger partial charge in [-0.15, -0.1) is 16.9 Å².